The summed E-state index contributed by atoms with van der Waals surface area (Å²) in [6, 6.07) is 27.6. The molecule has 166 valence electrons. The summed E-state index contributed by atoms with van der Waals surface area (Å²) in [5.74, 6) is 0.759. The Kier molecular flexibility index (Phi) is 5.80. The van der Waals surface area contributed by atoms with E-state index < -0.39 is 6.04 Å². The van der Waals surface area contributed by atoms with Crippen molar-refractivity contribution in [1.82, 2.24) is 14.9 Å². The molecule has 5 rings (SSSR count). The minimum Gasteiger partial charge on any atom is -0.344 e. The van der Waals surface area contributed by atoms with Crippen LogP contribution in [0.25, 0.3) is 11.3 Å². The van der Waals surface area contributed by atoms with E-state index in [1.54, 1.807) is 0 Å². The Morgan fingerprint density at radius 2 is 1.64 bits per heavy atom. The average Bonchev–Trinajstić information content (AvgIpc) is 3.25. The van der Waals surface area contributed by atoms with E-state index in [1.807, 2.05) is 66.4 Å². The van der Waals surface area contributed by atoms with E-state index in [-0.39, 0.29) is 11.9 Å². The number of nitrogens with two attached hydrogens (primary N) is 1. The lowest BCUT2D eigenvalue weighted by molar-refractivity contribution is -0.136. The van der Waals surface area contributed by atoms with Gasteiger partial charge in [-0.25, -0.2) is 4.98 Å². The van der Waals surface area contributed by atoms with Crippen LogP contribution < -0.4 is 5.73 Å². The van der Waals surface area contributed by atoms with Crippen LogP contribution in [0.1, 0.15) is 34.3 Å². The van der Waals surface area contributed by atoms with Crippen molar-refractivity contribution in [1.29, 1.82) is 0 Å². The van der Waals surface area contributed by atoms with Crippen molar-refractivity contribution >= 4 is 5.91 Å². The fraction of sp³-hybridized carbons (Fsp3) is 0.214. The standard InChI is InChI=1S/C28H28N4O/c1-19-26(21-12-6-3-7-13-21)31-27(30-19)25-17-22-14-8-9-15-23(22)18-32(25)28(33)24(29)16-20-10-4-2-5-11-20/h2-15,24-25H,16-18,29H2,1H3,(H,30,31)/t24-,25-/m0/s1. The van der Waals surface area contributed by atoms with Crippen LogP contribution in [0, 0.1) is 6.92 Å². The number of amides is 1. The summed E-state index contributed by atoms with van der Waals surface area (Å²) < 4.78 is 0. The molecule has 4 aromatic rings. The Morgan fingerprint density at radius 1 is 1.00 bits per heavy atom. The van der Waals surface area contributed by atoms with Gasteiger partial charge in [0.1, 0.15) is 5.82 Å². The molecule has 0 fully saturated rings. The van der Waals surface area contributed by atoms with E-state index in [0.29, 0.717) is 19.4 Å². The minimum absolute atomic E-state index is 0.0475. The second kappa shape index (κ2) is 9.04. The lowest BCUT2D eigenvalue weighted by Gasteiger charge is -2.37. The van der Waals surface area contributed by atoms with Crippen molar-refractivity contribution in [3.8, 4) is 11.3 Å². The van der Waals surface area contributed by atoms with Gasteiger partial charge in [-0.1, -0.05) is 84.9 Å². The number of nitrogens with zero attached hydrogens (tertiary/aromatic N) is 2. The molecule has 0 bridgehead atoms. The van der Waals surface area contributed by atoms with Crippen LogP contribution in [-0.2, 0) is 24.2 Å². The Labute approximate surface area is 194 Å². The number of benzene rings is 3. The number of H-pyrrole nitrogens is 1. The maximum atomic E-state index is 13.6. The third-order valence-corrected chi connectivity index (χ3v) is 6.41. The molecule has 0 spiro atoms. The van der Waals surface area contributed by atoms with Gasteiger partial charge in [-0.3, -0.25) is 4.79 Å². The molecule has 5 nitrogen and oxygen atoms in total. The molecule has 3 aromatic carbocycles. The van der Waals surface area contributed by atoms with E-state index in [2.05, 4.69) is 35.3 Å². The first-order valence-electron chi connectivity index (χ1n) is 11.4. The van der Waals surface area contributed by atoms with Crippen LogP contribution in [0.4, 0.5) is 0 Å². The highest BCUT2D eigenvalue weighted by Gasteiger charge is 2.35. The number of carbonyl (C=O) groups excluding carboxylic acids is 1. The predicted octanol–water partition coefficient (Wildman–Crippen LogP) is 4.58. The smallest absolute Gasteiger partial charge is 0.240 e. The van der Waals surface area contributed by atoms with Gasteiger partial charge < -0.3 is 15.6 Å². The number of imidazole rings is 1. The molecular weight excluding hydrogens is 408 g/mol. The summed E-state index contributed by atoms with van der Waals surface area (Å²) in [5.41, 5.74) is 12.9. The summed E-state index contributed by atoms with van der Waals surface area (Å²) >= 11 is 0. The second-order valence-corrected chi connectivity index (χ2v) is 8.71. The maximum Gasteiger partial charge on any atom is 0.240 e. The summed E-state index contributed by atoms with van der Waals surface area (Å²) in [5, 5.41) is 0. The Hall–Kier alpha value is -3.70. The van der Waals surface area contributed by atoms with Crippen LogP contribution in [0.2, 0.25) is 0 Å². The number of carbonyl (C=O) groups is 1. The fourth-order valence-electron chi connectivity index (χ4n) is 4.69. The maximum absolute atomic E-state index is 13.6. The van der Waals surface area contributed by atoms with E-state index in [9.17, 15) is 4.79 Å². The van der Waals surface area contributed by atoms with Crippen molar-refractivity contribution in [2.45, 2.75) is 38.4 Å². The summed E-state index contributed by atoms with van der Waals surface area (Å²) in [7, 11) is 0. The van der Waals surface area contributed by atoms with Crippen molar-refractivity contribution in [3.05, 3.63) is 113 Å². The highest BCUT2D eigenvalue weighted by atomic mass is 16.2. The van der Waals surface area contributed by atoms with Crippen molar-refractivity contribution in [2.75, 3.05) is 0 Å². The summed E-state index contributed by atoms with van der Waals surface area (Å²) in [6.45, 7) is 2.56. The van der Waals surface area contributed by atoms with E-state index in [1.165, 1.54) is 11.1 Å². The van der Waals surface area contributed by atoms with Gasteiger partial charge >= 0.3 is 0 Å². The first-order chi connectivity index (χ1) is 16.1. The number of hydrogen-bond acceptors (Lipinski definition) is 3. The number of aromatic amines is 1. The Balaban J connectivity index is 1.48. The van der Waals surface area contributed by atoms with Gasteiger partial charge in [0.2, 0.25) is 5.91 Å². The van der Waals surface area contributed by atoms with Crippen LogP contribution in [0.15, 0.2) is 84.9 Å². The second-order valence-electron chi connectivity index (χ2n) is 8.71. The lowest BCUT2D eigenvalue weighted by Crippen LogP contribution is -2.48. The van der Waals surface area contributed by atoms with Crippen LogP contribution in [-0.4, -0.2) is 26.8 Å². The lowest BCUT2D eigenvalue weighted by atomic mass is 9.92. The highest BCUT2D eigenvalue weighted by molar-refractivity contribution is 5.82. The zero-order valence-corrected chi connectivity index (χ0v) is 18.7. The fourth-order valence-corrected chi connectivity index (χ4v) is 4.69. The van der Waals surface area contributed by atoms with Crippen LogP contribution >= 0.6 is 0 Å². The number of fused-ring (bicyclic) bond motifs is 1. The van der Waals surface area contributed by atoms with E-state index in [0.717, 1.165) is 28.3 Å². The van der Waals surface area contributed by atoms with Gasteiger partial charge in [-0.15, -0.1) is 0 Å². The topological polar surface area (TPSA) is 75.0 Å². The van der Waals surface area contributed by atoms with Crippen LogP contribution in [0.3, 0.4) is 0 Å². The molecule has 2 heterocycles. The van der Waals surface area contributed by atoms with Crippen LogP contribution in [0.5, 0.6) is 0 Å². The quantitative estimate of drug-likeness (QED) is 0.481. The zero-order chi connectivity index (χ0) is 22.8. The molecule has 0 aliphatic carbocycles. The zero-order valence-electron chi connectivity index (χ0n) is 18.7. The largest absolute Gasteiger partial charge is 0.344 e. The molecule has 0 radical (unpaired) electrons. The van der Waals surface area contributed by atoms with Crippen molar-refractivity contribution in [2.24, 2.45) is 5.73 Å². The first kappa shape index (κ1) is 21.2. The molecule has 1 aliphatic heterocycles. The third kappa shape index (κ3) is 4.32. The predicted molar refractivity (Wildman–Crippen MR) is 130 cm³/mol. The molecule has 5 heteroatoms. The van der Waals surface area contributed by atoms with Gasteiger partial charge in [-0.2, -0.15) is 0 Å². The van der Waals surface area contributed by atoms with Gasteiger partial charge in [-0.05, 0) is 30.0 Å². The van der Waals surface area contributed by atoms with Gasteiger partial charge in [0.05, 0.1) is 17.8 Å². The molecule has 33 heavy (non-hydrogen) atoms. The molecule has 2 atom stereocenters. The minimum atomic E-state index is -0.607. The van der Waals surface area contributed by atoms with Gasteiger partial charge in [0.25, 0.3) is 0 Å². The number of nitrogens with one attached hydrogen (secondary N) is 1. The molecule has 1 aliphatic rings. The normalized spacial score (nSPS) is 16.3. The SMILES string of the molecule is Cc1[nH]c([C@@H]2Cc3ccccc3CN2C(=O)[C@@H](N)Cc2ccccc2)nc1-c1ccccc1. The molecule has 0 saturated carbocycles. The number of aromatic nitrogens is 2. The Morgan fingerprint density at radius 3 is 2.36 bits per heavy atom. The Bertz CT molecular complexity index is 1250. The molecule has 0 unspecified atom stereocenters. The number of rotatable bonds is 5. The summed E-state index contributed by atoms with van der Waals surface area (Å²) in [6.07, 6.45) is 1.22. The number of aryl methyl sites for hydroxylation is 1. The molecule has 3 N–H and O–H groups in total. The molecule has 1 amide bonds. The summed E-state index contributed by atoms with van der Waals surface area (Å²) in [4.78, 5) is 24.0. The van der Waals surface area contributed by atoms with E-state index in [4.69, 9.17) is 10.7 Å². The van der Waals surface area contributed by atoms with Gasteiger partial charge in [0, 0.05) is 24.2 Å². The first-order valence-corrected chi connectivity index (χ1v) is 11.4. The molecular formula is C28H28N4O. The molecule has 1 aromatic heterocycles. The number of hydrogen-bond donors (Lipinski definition) is 2. The molecule has 0 saturated heterocycles. The third-order valence-electron chi connectivity index (χ3n) is 6.41. The van der Waals surface area contributed by atoms with Crippen molar-refractivity contribution < 1.29 is 4.79 Å². The highest BCUT2D eigenvalue weighted by Crippen LogP contribution is 2.34. The average molecular weight is 437 g/mol. The van der Waals surface area contributed by atoms with E-state index >= 15 is 0 Å². The van der Waals surface area contributed by atoms with Crippen molar-refractivity contribution in [3.63, 3.8) is 0 Å². The monoisotopic (exact) mass is 436 g/mol. The van der Waals surface area contributed by atoms with Gasteiger partial charge in [0.15, 0.2) is 0 Å².